The van der Waals surface area contributed by atoms with Gasteiger partial charge in [0, 0.05) is 51.8 Å². The molecule has 0 unspecified atom stereocenters. The summed E-state index contributed by atoms with van der Waals surface area (Å²) in [5, 5.41) is 0. The highest BCUT2D eigenvalue weighted by Gasteiger charge is 2.34. The van der Waals surface area contributed by atoms with Crippen molar-refractivity contribution < 1.29 is 22.8 Å². The lowest BCUT2D eigenvalue weighted by Crippen LogP contribution is -2.56. The molecule has 0 N–H and O–H groups in total. The molecule has 0 aliphatic carbocycles. The van der Waals surface area contributed by atoms with E-state index >= 15 is 0 Å². The fraction of sp³-hybridized carbons (Fsp3) is 0.333. The van der Waals surface area contributed by atoms with Crippen LogP contribution in [0, 0.1) is 0 Å². The van der Waals surface area contributed by atoms with E-state index in [0.29, 0.717) is 25.1 Å². The first kappa shape index (κ1) is 39.4. The number of hydrogen-bond acceptors (Lipinski definition) is 3. The minimum atomic E-state index is -4.45. The maximum atomic E-state index is 14.5. The summed E-state index contributed by atoms with van der Waals surface area (Å²) >= 11 is 0. The highest BCUT2D eigenvalue weighted by Crippen LogP contribution is 2.29. The van der Waals surface area contributed by atoms with E-state index < -0.39 is 17.8 Å². The molecule has 4 aromatic carbocycles. The summed E-state index contributed by atoms with van der Waals surface area (Å²) in [7, 11) is 0. The summed E-state index contributed by atoms with van der Waals surface area (Å²) in [6, 6.07) is 32.1. The summed E-state index contributed by atoms with van der Waals surface area (Å²) in [6.07, 6.45) is 3.17. The van der Waals surface area contributed by atoms with Gasteiger partial charge in [-0.15, -0.1) is 12.4 Å². The van der Waals surface area contributed by atoms with E-state index in [2.05, 4.69) is 36.1 Å². The van der Waals surface area contributed by atoms with Gasteiger partial charge in [0.15, 0.2) is 0 Å². The van der Waals surface area contributed by atoms with Crippen LogP contribution in [0.15, 0.2) is 115 Å². The first-order valence-corrected chi connectivity index (χ1v) is 17.5. The van der Waals surface area contributed by atoms with Crippen LogP contribution in [0.5, 0.6) is 0 Å². The second kappa shape index (κ2) is 19.3. The number of rotatable bonds is 14. The topological polar surface area (TPSA) is 43.9 Å². The average molecular weight is 718 g/mol. The van der Waals surface area contributed by atoms with Crippen LogP contribution in [0.4, 0.5) is 13.2 Å². The molecule has 9 heteroatoms. The molecule has 1 fully saturated rings. The van der Waals surface area contributed by atoms with Gasteiger partial charge in [0.25, 0.3) is 0 Å². The number of piperazine rings is 1. The van der Waals surface area contributed by atoms with Gasteiger partial charge in [-0.2, -0.15) is 13.2 Å². The van der Waals surface area contributed by atoms with E-state index in [4.69, 9.17) is 0 Å². The van der Waals surface area contributed by atoms with Gasteiger partial charge in [0.2, 0.25) is 11.8 Å². The lowest BCUT2D eigenvalue weighted by atomic mass is 10.0. The Morgan fingerprint density at radius 1 is 0.745 bits per heavy atom. The predicted octanol–water partition coefficient (Wildman–Crippen LogP) is 8.86. The second-order valence-electron chi connectivity index (χ2n) is 13.0. The normalized spacial score (nSPS) is 14.2. The fourth-order valence-corrected chi connectivity index (χ4v) is 6.32. The third kappa shape index (κ3) is 11.8. The summed E-state index contributed by atoms with van der Waals surface area (Å²) in [4.78, 5) is 34.5. The minimum Gasteiger partial charge on any atom is -0.338 e. The van der Waals surface area contributed by atoms with Gasteiger partial charge in [-0.05, 0) is 58.9 Å². The first-order chi connectivity index (χ1) is 24.2. The molecule has 1 saturated heterocycles. The Labute approximate surface area is 306 Å². The number of nitrogens with zero attached hydrogens (tertiary/aromatic N) is 3. The summed E-state index contributed by atoms with van der Waals surface area (Å²) < 4.78 is 39.4. The first-order valence-electron chi connectivity index (χ1n) is 17.5. The van der Waals surface area contributed by atoms with Crippen LogP contribution in [0.2, 0.25) is 0 Å². The zero-order valence-electron chi connectivity index (χ0n) is 29.1. The molecular formula is C42H47ClF3N3O2. The zero-order valence-corrected chi connectivity index (χ0v) is 29.9. The summed E-state index contributed by atoms with van der Waals surface area (Å²) in [5.74, 6) is -0.491. The molecule has 0 spiro atoms. The Hall–Kier alpha value is -4.40. The molecule has 5 nitrogen and oxygen atoms in total. The lowest BCUT2D eigenvalue weighted by molar-refractivity contribution is -0.145. The summed E-state index contributed by atoms with van der Waals surface area (Å²) in [5.41, 5.74) is 4.00. The number of hydrogen-bond donors (Lipinski definition) is 0. The molecule has 2 amide bonds. The standard InChI is InChI=1S/C42H46F3N3O2.ClH/c1-2-3-6-11-33-16-18-37(19-17-33)32-48(40(49)25-22-34-20-23-38(24-21-34)42(43,44)45)39(30-35-12-7-4-8-13-35)41(50)47-28-26-46(27-29-47)31-36-14-9-5-10-15-36;/h4-5,7-10,12-25,39H,2-3,6,11,26-32H2,1H3;1H/b25-22+;/t39-;/m0./s1. The van der Waals surface area contributed by atoms with Crippen LogP contribution in [0.25, 0.3) is 6.08 Å². The van der Waals surface area contributed by atoms with Gasteiger partial charge in [-0.1, -0.05) is 117 Å². The van der Waals surface area contributed by atoms with E-state index in [-0.39, 0.29) is 30.8 Å². The van der Waals surface area contributed by atoms with Crippen molar-refractivity contribution in [1.29, 1.82) is 0 Å². The molecular weight excluding hydrogens is 671 g/mol. The van der Waals surface area contributed by atoms with Crippen molar-refractivity contribution in [3.8, 4) is 0 Å². The molecule has 4 aromatic rings. The highest BCUT2D eigenvalue weighted by molar-refractivity contribution is 5.95. The average Bonchev–Trinajstić information content (AvgIpc) is 3.13. The largest absolute Gasteiger partial charge is 0.416 e. The van der Waals surface area contributed by atoms with Gasteiger partial charge in [0.05, 0.1) is 5.56 Å². The van der Waals surface area contributed by atoms with Gasteiger partial charge in [0.1, 0.15) is 6.04 Å². The third-order valence-electron chi connectivity index (χ3n) is 9.25. The number of amides is 2. The molecule has 5 rings (SSSR count). The van der Waals surface area contributed by atoms with Crippen molar-refractivity contribution in [3.63, 3.8) is 0 Å². The van der Waals surface area contributed by atoms with Gasteiger partial charge < -0.3 is 9.80 Å². The molecule has 0 radical (unpaired) electrons. The zero-order chi connectivity index (χ0) is 35.3. The molecule has 1 aliphatic heterocycles. The van der Waals surface area contributed by atoms with Gasteiger partial charge >= 0.3 is 6.18 Å². The van der Waals surface area contributed by atoms with E-state index in [1.807, 2.05) is 65.6 Å². The van der Waals surface area contributed by atoms with E-state index in [1.165, 1.54) is 41.8 Å². The molecule has 1 aliphatic rings. The Bertz CT molecular complexity index is 1670. The molecule has 0 aromatic heterocycles. The van der Waals surface area contributed by atoms with Crippen LogP contribution in [0.1, 0.15) is 59.6 Å². The molecule has 1 atom stereocenters. The van der Waals surface area contributed by atoms with Crippen molar-refractivity contribution >= 4 is 30.3 Å². The maximum Gasteiger partial charge on any atom is 0.416 e. The van der Waals surface area contributed by atoms with E-state index in [0.717, 1.165) is 62.2 Å². The van der Waals surface area contributed by atoms with Crippen molar-refractivity contribution in [2.24, 2.45) is 0 Å². The fourth-order valence-electron chi connectivity index (χ4n) is 6.32. The van der Waals surface area contributed by atoms with Gasteiger partial charge in [-0.25, -0.2) is 0 Å². The van der Waals surface area contributed by atoms with Crippen molar-refractivity contribution in [2.45, 2.75) is 64.3 Å². The van der Waals surface area contributed by atoms with Crippen LogP contribution < -0.4 is 0 Å². The third-order valence-corrected chi connectivity index (χ3v) is 9.25. The minimum absolute atomic E-state index is 0. The number of benzene rings is 4. The van der Waals surface area contributed by atoms with Crippen LogP contribution in [-0.2, 0) is 41.7 Å². The van der Waals surface area contributed by atoms with Gasteiger partial charge in [-0.3, -0.25) is 14.5 Å². The Morgan fingerprint density at radius 2 is 1.33 bits per heavy atom. The number of unbranched alkanes of at least 4 members (excludes halogenated alkanes) is 2. The Morgan fingerprint density at radius 3 is 1.92 bits per heavy atom. The predicted molar refractivity (Wildman–Crippen MR) is 200 cm³/mol. The quantitative estimate of drug-likeness (QED) is 0.0968. The lowest BCUT2D eigenvalue weighted by Gasteiger charge is -2.39. The van der Waals surface area contributed by atoms with Crippen LogP contribution in [0.3, 0.4) is 0 Å². The number of alkyl halides is 3. The number of halogens is 4. The SMILES string of the molecule is CCCCCc1ccc(CN(C(=O)/C=C/c2ccc(C(F)(F)F)cc2)[C@@H](Cc2ccccc2)C(=O)N2CCN(Cc3ccccc3)CC2)cc1.Cl. The monoisotopic (exact) mass is 717 g/mol. The smallest absolute Gasteiger partial charge is 0.338 e. The summed E-state index contributed by atoms with van der Waals surface area (Å²) in [6.45, 7) is 5.74. The number of carbonyl (C=O) groups is 2. The molecule has 51 heavy (non-hydrogen) atoms. The maximum absolute atomic E-state index is 14.5. The van der Waals surface area contributed by atoms with E-state index in [9.17, 15) is 22.8 Å². The van der Waals surface area contributed by atoms with Crippen molar-refractivity contribution in [1.82, 2.24) is 14.7 Å². The molecule has 0 bridgehead atoms. The van der Waals surface area contributed by atoms with Crippen molar-refractivity contribution in [2.75, 3.05) is 26.2 Å². The van der Waals surface area contributed by atoms with Crippen LogP contribution >= 0.6 is 12.4 Å². The number of carbonyl (C=O) groups excluding carboxylic acids is 2. The Balaban J connectivity index is 0.00000583. The molecule has 1 heterocycles. The van der Waals surface area contributed by atoms with E-state index in [1.54, 1.807) is 4.90 Å². The van der Waals surface area contributed by atoms with Crippen molar-refractivity contribution in [3.05, 3.63) is 149 Å². The highest BCUT2D eigenvalue weighted by atomic mass is 35.5. The Kier molecular flexibility index (Phi) is 14.9. The molecule has 0 saturated carbocycles. The molecule has 270 valence electrons. The second-order valence-corrected chi connectivity index (χ2v) is 13.0. The van der Waals surface area contributed by atoms with Crippen LogP contribution in [-0.4, -0.2) is 58.7 Å². The number of aryl methyl sites for hydroxylation is 1.